The quantitative estimate of drug-likeness (QED) is 0.0197. The van der Waals surface area contributed by atoms with E-state index in [2.05, 4.69) is 69.4 Å². The monoisotopic (exact) mass is 953 g/mol. The Bertz CT molecular complexity index is 1300. The number of aliphatic hydroxyl groups is 1. The Balaban J connectivity index is 4.71. The largest absolute Gasteiger partial charge is 0.472 e. The Kier molecular flexibility index (Phi) is 47.0. The van der Waals surface area contributed by atoms with Crippen molar-refractivity contribution in [3.05, 3.63) is 48.6 Å². The first-order valence-corrected chi connectivity index (χ1v) is 28.0. The van der Waals surface area contributed by atoms with E-state index in [1.165, 1.54) is 70.6 Å². The lowest BCUT2D eigenvalue weighted by Crippen LogP contribution is -2.30. The van der Waals surface area contributed by atoms with Crippen molar-refractivity contribution in [2.45, 2.75) is 251 Å². The lowest BCUT2D eigenvalue weighted by atomic mass is 10.1. The SMILES string of the molecule is CC/C=C\C/C=C\C/C=C\CCCCCCCCCC(=O)OCC(COP(=O)(O)OCC(CO)OC(=O)CCCCCCCCCCCCC)OC(=O)CCCCCCC/C=C\CCCC. The van der Waals surface area contributed by atoms with Crippen molar-refractivity contribution in [3.8, 4) is 0 Å². The number of unbranched alkanes of at least 4 members (excludes halogenated alkanes) is 24. The third kappa shape index (κ3) is 46.5. The van der Waals surface area contributed by atoms with Gasteiger partial charge in [-0.1, -0.05) is 198 Å². The molecule has 3 atom stereocenters. The third-order valence-electron chi connectivity index (χ3n) is 11.2. The molecule has 0 spiro atoms. The molecule has 0 fully saturated rings. The summed E-state index contributed by atoms with van der Waals surface area (Å²) in [4.78, 5) is 48.3. The van der Waals surface area contributed by atoms with Crippen LogP contribution in [-0.4, -0.2) is 66.5 Å². The van der Waals surface area contributed by atoms with Gasteiger partial charge in [-0.15, -0.1) is 0 Å². The van der Waals surface area contributed by atoms with Gasteiger partial charge in [0, 0.05) is 19.3 Å². The molecule has 0 aromatic heterocycles. The predicted octanol–water partition coefficient (Wildman–Crippen LogP) is 15.0. The summed E-state index contributed by atoms with van der Waals surface area (Å²) in [6.07, 6.45) is 49.4. The van der Waals surface area contributed by atoms with Gasteiger partial charge in [-0.2, -0.15) is 0 Å². The van der Waals surface area contributed by atoms with E-state index in [-0.39, 0.29) is 25.9 Å². The Morgan fingerprint density at radius 1 is 0.439 bits per heavy atom. The molecule has 12 heteroatoms. The summed E-state index contributed by atoms with van der Waals surface area (Å²) in [5.41, 5.74) is 0. The molecule has 0 saturated heterocycles. The third-order valence-corrected chi connectivity index (χ3v) is 12.2. The molecule has 0 radical (unpaired) electrons. The molecule has 0 aliphatic rings. The molecule has 11 nitrogen and oxygen atoms in total. The molecule has 0 saturated carbocycles. The first-order chi connectivity index (χ1) is 32.2. The van der Waals surface area contributed by atoms with Crippen LogP contribution in [0.25, 0.3) is 0 Å². The molecule has 0 aliphatic heterocycles. The highest BCUT2D eigenvalue weighted by molar-refractivity contribution is 7.47. The van der Waals surface area contributed by atoms with Gasteiger partial charge < -0.3 is 24.2 Å². The van der Waals surface area contributed by atoms with Crippen molar-refractivity contribution in [2.24, 2.45) is 0 Å². The summed E-state index contributed by atoms with van der Waals surface area (Å²) < 4.78 is 39.3. The number of phosphoric ester groups is 1. The number of hydrogen-bond donors (Lipinski definition) is 2. The molecule has 0 aliphatic carbocycles. The van der Waals surface area contributed by atoms with Gasteiger partial charge in [0.25, 0.3) is 0 Å². The Morgan fingerprint density at radius 2 is 0.803 bits per heavy atom. The first-order valence-electron chi connectivity index (χ1n) is 26.5. The van der Waals surface area contributed by atoms with Crippen molar-refractivity contribution >= 4 is 25.7 Å². The van der Waals surface area contributed by atoms with Crippen LogP contribution >= 0.6 is 7.82 Å². The fourth-order valence-corrected chi connectivity index (χ4v) is 7.96. The second-order valence-corrected chi connectivity index (χ2v) is 19.1. The number of carbonyl (C=O) groups is 3. The van der Waals surface area contributed by atoms with Gasteiger partial charge in [0.2, 0.25) is 0 Å². The molecule has 2 N–H and O–H groups in total. The Labute approximate surface area is 403 Å². The number of ether oxygens (including phenoxy) is 3. The van der Waals surface area contributed by atoms with Crippen LogP contribution in [0.2, 0.25) is 0 Å². The Hall–Kier alpha value is -2.56. The molecule has 0 bridgehead atoms. The van der Waals surface area contributed by atoms with Gasteiger partial charge in [-0.25, -0.2) is 4.57 Å². The van der Waals surface area contributed by atoms with Gasteiger partial charge in [-0.05, 0) is 70.6 Å². The van der Waals surface area contributed by atoms with E-state index in [0.29, 0.717) is 19.3 Å². The zero-order chi connectivity index (χ0) is 48.4. The van der Waals surface area contributed by atoms with Crippen LogP contribution < -0.4 is 0 Å². The maximum atomic E-state index is 12.8. The molecular formula is C54H97O11P. The van der Waals surface area contributed by atoms with Gasteiger partial charge >= 0.3 is 25.7 Å². The highest BCUT2D eigenvalue weighted by atomic mass is 31.2. The summed E-state index contributed by atoms with van der Waals surface area (Å²) in [7, 11) is -4.74. The van der Waals surface area contributed by atoms with Crippen LogP contribution in [0, 0.1) is 0 Å². The van der Waals surface area contributed by atoms with Crippen LogP contribution in [0.15, 0.2) is 48.6 Å². The van der Waals surface area contributed by atoms with Gasteiger partial charge in [0.05, 0.1) is 19.8 Å². The summed E-state index contributed by atoms with van der Waals surface area (Å²) in [6, 6.07) is 0. The summed E-state index contributed by atoms with van der Waals surface area (Å²) in [5, 5.41) is 9.76. The number of phosphoric acid groups is 1. The lowest BCUT2D eigenvalue weighted by Gasteiger charge is -2.21. The number of esters is 3. The minimum atomic E-state index is -4.74. The van der Waals surface area contributed by atoms with Gasteiger partial charge in [0.1, 0.15) is 12.7 Å². The standard InChI is InChI=1S/C54H97O11P/c1-4-7-10-13-16-19-22-23-24-25-26-27-30-31-34-37-40-43-52(56)61-47-51(65-54(58)45-42-39-36-33-29-21-18-15-12-9-6-3)49-63-66(59,60)62-48-50(46-55)64-53(57)44-41-38-35-32-28-20-17-14-11-8-5-2/h7,10,15-16,18-19,23-24,50-51,55H,4-6,8-9,11-14,17,20-22,25-49H2,1-3H3,(H,59,60)/b10-7-,18-15-,19-16-,24-23-. The molecule has 0 aromatic rings. The molecule has 3 unspecified atom stereocenters. The smallest absolute Gasteiger partial charge is 0.462 e. The lowest BCUT2D eigenvalue weighted by molar-refractivity contribution is -0.161. The fraction of sp³-hybridized carbons (Fsp3) is 0.796. The van der Waals surface area contributed by atoms with Gasteiger partial charge in [0.15, 0.2) is 6.10 Å². The number of aliphatic hydroxyl groups excluding tert-OH is 1. The number of carbonyl (C=O) groups excluding carboxylic acids is 3. The highest BCUT2D eigenvalue weighted by Gasteiger charge is 2.28. The van der Waals surface area contributed by atoms with Crippen molar-refractivity contribution in [2.75, 3.05) is 26.4 Å². The normalized spacial score (nSPS) is 13.8. The van der Waals surface area contributed by atoms with E-state index in [9.17, 15) is 28.9 Å². The minimum absolute atomic E-state index is 0.156. The molecule has 0 rings (SSSR count). The van der Waals surface area contributed by atoms with E-state index < -0.39 is 57.8 Å². The van der Waals surface area contributed by atoms with E-state index in [1.54, 1.807) is 0 Å². The highest BCUT2D eigenvalue weighted by Crippen LogP contribution is 2.43. The fourth-order valence-electron chi connectivity index (χ4n) is 7.17. The summed E-state index contributed by atoms with van der Waals surface area (Å²) >= 11 is 0. The average molecular weight is 953 g/mol. The topological polar surface area (TPSA) is 155 Å². The molecular weight excluding hydrogens is 856 g/mol. The maximum Gasteiger partial charge on any atom is 0.472 e. The first kappa shape index (κ1) is 63.4. The van der Waals surface area contributed by atoms with Crippen molar-refractivity contribution in [3.63, 3.8) is 0 Å². The maximum absolute atomic E-state index is 12.8. The van der Waals surface area contributed by atoms with Crippen LogP contribution in [0.3, 0.4) is 0 Å². The molecule has 0 amide bonds. The van der Waals surface area contributed by atoms with Crippen LogP contribution in [-0.2, 0) is 42.2 Å². The van der Waals surface area contributed by atoms with E-state index >= 15 is 0 Å². The summed E-state index contributed by atoms with van der Waals surface area (Å²) in [5.74, 6) is -1.48. The Morgan fingerprint density at radius 3 is 1.27 bits per heavy atom. The van der Waals surface area contributed by atoms with Crippen molar-refractivity contribution < 1.29 is 52.2 Å². The van der Waals surface area contributed by atoms with Crippen molar-refractivity contribution in [1.29, 1.82) is 0 Å². The average Bonchev–Trinajstić information content (AvgIpc) is 3.30. The van der Waals surface area contributed by atoms with Crippen LogP contribution in [0.1, 0.15) is 239 Å². The number of allylic oxidation sites excluding steroid dienone is 8. The zero-order valence-corrected chi connectivity index (χ0v) is 43.1. The second kappa shape index (κ2) is 48.9. The summed E-state index contributed by atoms with van der Waals surface area (Å²) in [6.45, 7) is 4.47. The van der Waals surface area contributed by atoms with E-state index in [4.69, 9.17) is 23.3 Å². The van der Waals surface area contributed by atoms with Crippen LogP contribution in [0.5, 0.6) is 0 Å². The molecule has 0 heterocycles. The molecule has 384 valence electrons. The zero-order valence-electron chi connectivity index (χ0n) is 42.2. The van der Waals surface area contributed by atoms with Crippen LogP contribution in [0.4, 0.5) is 0 Å². The second-order valence-electron chi connectivity index (χ2n) is 17.7. The molecule has 66 heavy (non-hydrogen) atoms. The van der Waals surface area contributed by atoms with E-state index in [0.717, 1.165) is 109 Å². The number of rotatable bonds is 49. The minimum Gasteiger partial charge on any atom is -0.462 e. The van der Waals surface area contributed by atoms with Gasteiger partial charge in [-0.3, -0.25) is 23.4 Å². The predicted molar refractivity (Wildman–Crippen MR) is 270 cm³/mol. The number of hydrogen-bond acceptors (Lipinski definition) is 10. The van der Waals surface area contributed by atoms with E-state index in [1.807, 2.05) is 0 Å². The molecule has 0 aromatic carbocycles. The van der Waals surface area contributed by atoms with Crippen molar-refractivity contribution in [1.82, 2.24) is 0 Å².